The standard InChI is InChI=1S/3C18H36O2.C7H6O2.Al.H3O4P/c3*1-2-3-4-5-6-7-8-9-10-11-12-13-14-15-16-17-18(19)20;8-7(9)6-4-2-1-3-5-6;;1-5(2,3)4/h3*2-17H2,1H3,(H,19,20);1-5H,(H,8,9);;(H3,1,2,3,4)/q;;;;+3;/p-3. The summed E-state index contributed by atoms with van der Waals surface area (Å²) in [5.41, 5.74) is 0.331. The minimum atomic E-state index is -4.64. The van der Waals surface area contributed by atoms with Crippen molar-refractivity contribution in [3.05, 3.63) is 35.9 Å². The number of carbonyl (C=O) groups is 4. The Hall–Kier alpha value is -2.26. The van der Waals surface area contributed by atoms with E-state index in [1.54, 1.807) is 30.3 Å². The molecule has 1 aromatic carbocycles. The summed E-state index contributed by atoms with van der Waals surface area (Å²) in [5, 5.41) is 39.1. The quantitative estimate of drug-likeness (QED) is 0.0271. The van der Waals surface area contributed by atoms with Crippen molar-refractivity contribution in [1.82, 2.24) is 0 Å². The fourth-order valence-corrected chi connectivity index (χ4v) is 8.50. The van der Waals surface area contributed by atoms with Crippen LogP contribution in [0.5, 0.6) is 0 Å². The van der Waals surface area contributed by atoms with E-state index in [0.717, 1.165) is 38.5 Å². The van der Waals surface area contributed by atoms with E-state index in [1.807, 2.05) is 0 Å². The average molecular weight is 1100 g/mol. The summed E-state index contributed by atoms with van der Waals surface area (Å²) in [6.45, 7) is 6.80. The number of phosphoric acid groups is 1. The van der Waals surface area contributed by atoms with Crippen LogP contribution in [0.3, 0.4) is 0 Å². The summed E-state index contributed by atoms with van der Waals surface area (Å²) in [7, 11) is -4.64. The smallest absolute Gasteiger partial charge is 0.550 e. The van der Waals surface area contributed by atoms with Gasteiger partial charge < -0.3 is 49.5 Å². The molecule has 0 amide bonds. The predicted molar refractivity (Wildman–Crippen MR) is 307 cm³/mol. The third-order valence-corrected chi connectivity index (χ3v) is 13.0. The maximum absolute atomic E-state index is 10.2. The molecule has 1 aromatic rings. The summed E-state index contributed by atoms with van der Waals surface area (Å²) < 4.78 is 8.88. The number of hydrogen-bond donors (Lipinski definition) is 4. The molecule has 0 saturated carbocycles. The molecular weight excluding hydrogens is 983 g/mol. The van der Waals surface area contributed by atoms with Gasteiger partial charge in [-0.15, -0.1) is 0 Å². The van der Waals surface area contributed by atoms with Gasteiger partial charge in [0.15, 0.2) is 0 Å². The van der Waals surface area contributed by atoms with E-state index in [0.29, 0.717) is 5.56 Å². The second-order valence-corrected chi connectivity index (χ2v) is 21.4. The van der Waals surface area contributed by atoms with Crippen molar-refractivity contribution in [2.75, 3.05) is 0 Å². The monoisotopic (exact) mass is 1100 g/mol. The normalized spacial score (nSPS) is 10.5. The molecule has 0 spiro atoms. The molecule has 0 fully saturated rings. The molecule has 0 aliphatic rings. The van der Waals surface area contributed by atoms with Crippen LogP contribution in [0.2, 0.25) is 0 Å². The molecule has 438 valence electrons. The zero-order valence-corrected chi connectivity index (χ0v) is 50.5. The Bertz CT molecular complexity index is 1230. The van der Waals surface area contributed by atoms with Gasteiger partial charge in [0, 0.05) is 17.9 Å². The predicted octanol–water partition coefficient (Wildman–Crippen LogP) is 15.1. The van der Waals surface area contributed by atoms with E-state index in [4.69, 9.17) is 24.4 Å². The molecule has 0 heterocycles. The number of aromatic carboxylic acids is 1. The number of rotatable bonds is 49. The maximum Gasteiger partial charge on any atom is 3.00 e. The molecule has 75 heavy (non-hydrogen) atoms. The van der Waals surface area contributed by atoms with Crippen molar-refractivity contribution in [2.24, 2.45) is 0 Å². The van der Waals surface area contributed by atoms with E-state index in [1.165, 1.54) is 250 Å². The minimum Gasteiger partial charge on any atom is -0.550 e. The van der Waals surface area contributed by atoms with Gasteiger partial charge in [0.05, 0.1) is 5.56 Å². The van der Waals surface area contributed by atoms with Crippen LogP contribution in [0.1, 0.15) is 339 Å². The number of aliphatic carboxylic acids is 3. The molecule has 0 aromatic heterocycles. The van der Waals surface area contributed by atoms with Gasteiger partial charge in [-0.1, -0.05) is 309 Å². The Morgan fingerprint density at radius 3 is 0.600 bits per heavy atom. The number of hydrogen-bond acceptors (Lipinski definition) is 8. The number of benzene rings is 1. The maximum atomic E-state index is 10.2. The van der Waals surface area contributed by atoms with Crippen molar-refractivity contribution in [3.8, 4) is 0 Å². The van der Waals surface area contributed by atoms with Gasteiger partial charge in [-0.05, 0) is 50.7 Å². The zero-order chi connectivity index (χ0) is 55.9. The van der Waals surface area contributed by atoms with Crippen LogP contribution in [0.15, 0.2) is 30.3 Å². The van der Waals surface area contributed by atoms with Crippen molar-refractivity contribution in [1.29, 1.82) is 0 Å². The van der Waals surface area contributed by atoms with Gasteiger partial charge in [-0.3, -0.25) is 0 Å². The molecule has 12 nitrogen and oxygen atoms in total. The number of unbranched alkanes of at least 4 members (excludes halogenated alkanes) is 42. The number of carboxylic acids is 4. The minimum absolute atomic E-state index is 0. The molecule has 1 rings (SSSR count). The van der Waals surface area contributed by atoms with Crippen molar-refractivity contribution >= 4 is 49.1 Å². The van der Waals surface area contributed by atoms with Crippen LogP contribution in [0.4, 0.5) is 0 Å². The van der Waals surface area contributed by atoms with Crippen LogP contribution in [0, 0.1) is 0 Å². The van der Waals surface area contributed by atoms with Crippen LogP contribution in [0.25, 0.3) is 0 Å². The summed E-state index contributed by atoms with van der Waals surface area (Å²) >= 11 is 0. The molecule has 0 atom stereocenters. The average Bonchev–Trinajstić information content (AvgIpc) is 3.35. The third kappa shape index (κ3) is 94.6. The Kier molecular flexibility index (Phi) is 75.9. The number of carbonyl (C=O) groups excluding carboxylic acids is 3. The first kappa shape index (κ1) is 81.6. The molecule has 0 bridgehead atoms. The molecule has 0 radical (unpaired) electrons. The number of carboxylic acid groups (broad SMARTS) is 4. The van der Waals surface area contributed by atoms with Crippen LogP contribution >= 0.6 is 7.82 Å². The van der Waals surface area contributed by atoms with Gasteiger partial charge in [0.1, 0.15) is 0 Å². The first-order valence-electron chi connectivity index (χ1n) is 30.3. The van der Waals surface area contributed by atoms with Crippen LogP contribution in [-0.4, -0.2) is 61.0 Å². The molecular formula is C61H114AlO12P. The van der Waals surface area contributed by atoms with Gasteiger partial charge >= 0.3 is 31.2 Å². The third-order valence-electron chi connectivity index (χ3n) is 13.0. The second kappa shape index (κ2) is 69.8. The Balaban J connectivity index is -0.000000287. The first-order valence-corrected chi connectivity index (χ1v) is 31.8. The van der Waals surface area contributed by atoms with Gasteiger partial charge in [-0.2, -0.15) is 0 Å². The van der Waals surface area contributed by atoms with Crippen molar-refractivity contribution < 1.29 is 58.8 Å². The molecule has 14 heteroatoms. The Labute approximate surface area is 470 Å². The van der Waals surface area contributed by atoms with Crippen molar-refractivity contribution in [3.63, 3.8) is 0 Å². The molecule has 0 aliphatic heterocycles. The second-order valence-electron chi connectivity index (χ2n) is 20.4. The first-order chi connectivity index (χ1) is 35.6. The summed E-state index contributed by atoms with van der Waals surface area (Å²) in [5.74, 6) is -3.59. The summed E-state index contributed by atoms with van der Waals surface area (Å²) in [4.78, 5) is 62.4. The van der Waals surface area contributed by atoms with Gasteiger partial charge in [0.2, 0.25) is 0 Å². The fraction of sp³-hybridized carbons (Fsp3) is 0.836. The van der Waals surface area contributed by atoms with E-state index < -0.39 is 31.7 Å². The SMILES string of the molecule is CCCCCCCCCCCCCCCCCC(=O)[O-].CCCCCCCCCCCCCCCCCC(=O)[O-].CCCCCCCCCCCCCCCCCC(=O)[O-].O=C(O)c1ccccc1.O=P(O)(O)O.[Al+3]. The fourth-order valence-electron chi connectivity index (χ4n) is 8.50. The largest absolute Gasteiger partial charge is 3.00 e. The van der Waals surface area contributed by atoms with Crippen LogP contribution in [-0.2, 0) is 18.9 Å². The van der Waals surface area contributed by atoms with E-state index in [-0.39, 0.29) is 36.6 Å². The summed E-state index contributed by atoms with van der Waals surface area (Å²) in [6, 6.07) is 8.30. The summed E-state index contributed by atoms with van der Waals surface area (Å²) in [6.07, 6.45) is 59.6. The van der Waals surface area contributed by atoms with Gasteiger partial charge in [0.25, 0.3) is 0 Å². The van der Waals surface area contributed by atoms with E-state index in [2.05, 4.69) is 20.8 Å². The van der Waals surface area contributed by atoms with Crippen LogP contribution < -0.4 is 15.3 Å². The van der Waals surface area contributed by atoms with Crippen molar-refractivity contribution in [2.45, 2.75) is 329 Å². The molecule has 4 N–H and O–H groups in total. The Morgan fingerprint density at radius 1 is 0.333 bits per heavy atom. The van der Waals surface area contributed by atoms with E-state index >= 15 is 0 Å². The Morgan fingerprint density at radius 2 is 0.480 bits per heavy atom. The topological polar surface area (TPSA) is 235 Å². The zero-order valence-electron chi connectivity index (χ0n) is 48.4. The molecule has 0 saturated heterocycles. The molecule has 0 unspecified atom stereocenters. The van der Waals surface area contributed by atoms with Gasteiger partial charge in [-0.25, -0.2) is 9.36 Å². The molecule has 0 aliphatic carbocycles. The van der Waals surface area contributed by atoms with E-state index in [9.17, 15) is 34.5 Å².